The molecule has 0 N–H and O–H groups in total. The molecular weight excluding hydrogens is 286 g/mol. The predicted octanol–water partition coefficient (Wildman–Crippen LogP) is 3.31. The topological polar surface area (TPSA) is 63.8 Å². The molecule has 0 aromatic carbocycles. The first kappa shape index (κ1) is 15.7. The van der Waals surface area contributed by atoms with Crippen LogP contribution in [0, 0.1) is 4.91 Å². The molecule has 6 heteroatoms. The van der Waals surface area contributed by atoms with Crippen LogP contribution in [0.1, 0.15) is 42.1 Å². The number of pyridine rings is 1. The lowest BCUT2D eigenvalue weighted by molar-refractivity contribution is 0.0983. The first-order valence-corrected chi connectivity index (χ1v) is 7.75. The van der Waals surface area contributed by atoms with Crippen LogP contribution in [0.3, 0.4) is 0 Å². The maximum Gasteiger partial charge on any atom is 0.166 e. The number of nitroso groups, excluding NO2 is 1. The number of nitrogens with zero attached hydrogens (tertiary/aromatic N) is 3. The van der Waals surface area contributed by atoms with Crippen LogP contribution in [0.4, 0.5) is 0 Å². The Kier molecular flexibility index (Phi) is 5.50. The number of thiol groups is 1. The van der Waals surface area contributed by atoms with Gasteiger partial charge in [-0.15, -0.1) is 0 Å². The van der Waals surface area contributed by atoms with Crippen molar-refractivity contribution in [1.82, 2.24) is 9.61 Å². The zero-order chi connectivity index (χ0) is 15.2. The van der Waals surface area contributed by atoms with Gasteiger partial charge < -0.3 is 0 Å². The number of carbonyl (C=O) groups is 1. The fourth-order valence-corrected chi connectivity index (χ4v) is 2.52. The van der Waals surface area contributed by atoms with E-state index < -0.39 is 0 Å². The normalized spacial score (nSPS) is 12.5. The van der Waals surface area contributed by atoms with Gasteiger partial charge in [0.1, 0.15) is 6.04 Å². The van der Waals surface area contributed by atoms with Crippen LogP contribution in [0.25, 0.3) is 5.52 Å². The van der Waals surface area contributed by atoms with Gasteiger partial charge in [0.15, 0.2) is 5.78 Å². The molecule has 0 amide bonds. The molecular formula is C15H19N3O2S. The average Bonchev–Trinajstić information content (AvgIpc) is 2.91. The van der Waals surface area contributed by atoms with Crippen molar-refractivity contribution in [3.63, 3.8) is 0 Å². The van der Waals surface area contributed by atoms with Gasteiger partial charge >= 0.3 is 0 Å². The molecule has 112 valence electrons. The second-order valence-corrected chi connectivity index (χ2v) is 5.44. The van der Waals surface area contributed by atoms with Crippen LogP contribution >= 0.6 is 12.6 Å². The molecule has 0 aliphatic carbocycles. The third kappa shape index (κ3) is 3.69. The van der Waals surface area contributed by atoms with E-state index in [1.54, 1.807) is 10.7 Å². The molecule has 0 spiro atoms. The van der Waals surface area contributed by atoms with Crippen molar-refractivity contribution in [3.8, 4) is 0 Å². The third-order valence-corrected chi connectivity index (χ3v) is 3.91. The fraction of sp³-hybridized carbons (Fsp3) is 0.467. The summed E-state index contributed by atoms with van der Waals surface area (Å²) in [7, 11) is 0. The van der Waals surface area contributed by atoms with E-state index in [1.165, 1.54) is 0 Å². The highest BCUT2D eigenvalue weighted by atomic mass is 32.1. The summed E-state index contributed by atoms with van der Waals surface area (Å²) >= 11 is 4.10. The quantitative estimate of drug-likeness (QED) is 0.462. The summed E-state index contributed by atoms with van der Waals surface area (Å²) in [4.78, 5) is 22.7. The lowest BCUT2D eigenvalue weighted by Crippen LogP contribution is -2.07. The number of hydrogen-bond donors (Lipinski definition) is 1. The second-order valence-electron chi connectivity index (χ2n) is 5.08. The lowest BCUT2D eigenvalue weighted by atomic mass is 10.0. The van der Waals surface area contributed by atoms with Crippen LogP contribution in [0.2, 0.25) is 0 Å². The van der Waals surface area contributed by atoms with Gasteiger partial charge in [0.25, 0.3) is 0 Å². The molecule has 0 aliphatic rings. The van der Waals surface area contributed by atoms with E-state index >= 15 is 0 Å². The van der Waals surface area contributed by atoms with Gasteiger partial charge in [-0.2, -0.15) is 22.6 Å². The Labute approximate surface area is 129 Å². The highest BCUT2D eigenvalue weighted by molar-refractivity contribution is 7.80. The standard InChI is InChI=1S/C15H19N3O2S/c1-2-3-15(19)13-9-16-18-7-6-11(8-14(13)18)4-5-12(10-21)17-20/h6-9,12,21H,2-5,10H2,1H3. The number of aryl methyl sites for hydroxylation is 1. The number of ketones is 1. The monoisotopic (exact) mass is 305 g/mol. The van der Waals surface area contributed by atoms with Gasteiger partial charge in [-0.05, 0) is 37.0 Å². The van der Waals surface area contributed by atoms with Crippen molar-refractivity contribution < 1.29 is 4.79 Å². The highest BCUT2D eigenvalue weighted by Crippen LogP contribution is 2.17. The maximum atomic E-state index is 12.1. The van der Waals surface area contributed by atoms with Gasteiger partial charge in [-0.25, -0.2) is 4.52 Å². The summed E-state index contributed by atoms with van der Waals surface area (Å²) in [6, 6.07) is 3.65. The molecule has 21 heavy (non-hydrogen) atoms. The van der Waals surface area contributed by atoms with Crippen LogP contribution in [0.15, 0.2) is 29.7 Å². The van der Waals surface area contributed by atoms with Crippen LogP contribution in [-0.4, -0.2) is 27.2 Å². The van der Waals surface area contributed by atoms with Crippen molar-refractivity contribution in [2.75, 3.05) is 5.75 Å². The fourth-order valence-electron chi connectivity index (χ4n) is 2.27. The summed E-state index contributed by atoms with van der Waals surface area (Å²) in [5, 5.41) is 7.25. The lowest BCUT2D eigenvalue weighted by Gasteiger charge is -2.06. The molecule has 2 heterocycles. The Balaban J connectivity index is 2.21. The molecule has 0 fully saturated rings. The van der Waals surface area contributed by atoms with Crippen LogP contribution in [-0.2, 0) is 6.42 Å². The SMILES string of the molecule is CCCC(=O)c1cnn2ccc(CCC(CS)N=O)cc12. The average molecular weight is 305 g/mol. The molecule has 0 saturated carbocycles. The van der Waals surface area contributed by atoms with Crippen molar-refractivity contribution in [2.24, 2.45) is 5.18 Å². The van der Waals surface area contributed by atoms with Gasteiger partial charge in [0, 0.05) is 18.4 Å². The smallest absolute Gasteiger partial charge is 0.166 e. The van der Waals surface area contributed by atoms with E-state index in [-0.39, 0.29) is 11.8 Å². The van der Waals surface area contributed by atoms with Crippen LogP contribution < -0.4 is 0 Å². The highest BCUT2D eigenvalue weighted by Gasteiger charge is 2.13. The molecule has 1 unspecified atom stereocenters. The van der Waals surface area contributed by atoms with Crippen molar-refractivity contribution >= 4 is 23.9 Å². The summed E-state index contributed by atoms with van der Waals surface area (Å²) in [6.07, 6.45) is 6.22. The first-order valence-electron chi connectivity index (χ1n) is 7.12. The number of fused-ring (bicyclic) bond motifs is 1. The molecule has 0 aliphatic heterocycles. The molecule has 2 rings (SSSR count). The minimum Gasteiger partial charge on any atom is -0.294 e. The predicted molar refractivity (Wildman–Crippen MR) is 86.2 cm³/mol. The number of carbonyl (C=O) groups excluding carboxylic acids is 1. The first-order chi connectivity index (χ1) is 10.2. The summed E-state index contributed by atoms with van der Waals surface area (Å²) in [5.41, 5.74) is 2.56. The van der Waals surface area contributed by atoms with E-state index in [0.29, 0.717) is 24.2 Å². The second kappa shape index (κ2) is 7.36. The minimum atomic E-state index is -0.268. The molecule has 0 saturated heterocycles. The molecule has 2 aromatic rings. The molecule has 0 radical (unpaired) electrons. The van der Waals surface area contributed by atoms with Crippen molar-refractivity contribution in [1.29, 1.82) is 0 Å². The number of hydrogen-bond acceptors (Lipinski definition) is 5. The Morgan fingerprint density at radius 3 is 3.00 bits per heavy atom. The Morgan fingerprint density at radius 1 is 1.52 bits per heavy atom. The number of rotatable bonds is 8. The molecule has 0 bridgehead atoms. The largest absolute Gasteiger partial charge is 0.294 e. The Hall–Kier alpha value is -1.69. The summed E-state index contributed by atoms with van der Waals surface area (Å²) < 4.78 is 1.71. The zero-order valence-corrected chi connectivity index (χ0v) is 12.9. The number of aromatic nitrogens is 2. The van der Waals surface area contributed by atoms with Gasteiger partial charge in [0.2, 0.25) is 0 Å². The summed E-state index contributed by atoms with van der Waals surface area (Å²) in [5.74, 6) is 0.575. The minimum absolute atomic E-state index is 0.118. The zero-order valence-electron chi connectivity index (χ0n) is 12.0. The van der Waals surface area contributed by atoms with Crippen molar-refractivity contribution in [2.45, 2.75) is 38.6 Å². The Bertz CT molecular complexity index is 639. The van der Waals surface area contributed by atoms with Gasteiger partial charge in [-0.3, -0.25) is 4.79 Å². The van der Waals surface area contributed by atoms with E-state index in [9.17, 15) is 9.70 Å². The van der Waals surface area contributed by atoms with E-state index in [4.69, 9.17) is 0 Å². The molecule has 2 aromatic heterocycles. The van der Waals surface area contributed by atoms with E-state index in [1.807, 2.05) is 25.3 Å². The van der Waals surface area contributed by atoms with Crippen molar-refractivity contribution in [3.05, 3.63) is 40.6 Å². The number of Topliss-reactive ketones (excluding diaryl/α,β-unsaturated/α-hetero) is 1. The van der Waals surface area contributed by atoms with Gasteiger partial charge in [-0.1, -0.05) is 12.1 Å². The van der Waals surface area contributed by atoms with E-state index in [2.05, 4.69) is 22.9 Å². The maximum absolute atomic E-state index is 12.1. The molecule has 1 atom stereocenters. The van der Waals surface area contributed by atoms with Crippen LogP contribution in [0.5, 0.6) is 0 Å². The molecule has 5 nitrogen and oxygen atoms in total. The van der Waals surface area contributed by atoms with E-state index in [0.717, 1.165) is 23.9 Å². The van der Waals surface area contributed by atoms with Gasteiger partial charge in [0.05, 0.1) is 17.3 Å². The summed E-state index contributed by atoms with van der Waals surface area (Å²) in [6.45, 7) is 1.99. The Morgan fingerprint density at radius 2 is 2.33 bits per heavy atom. The third-order valence-electron chi connectivity index (χ3n) is 3.49.